The minimum atomic E-state index is -0.145. The van der Waals surface area contributed by atoms with Crippen molar-refractivity contribution in [3.05, 3.63) is 36.0 Å². The highest BCUT2D eigenvalue weighted by atomic mass is 35.5. The van der Waals surface area contributed by atoms with Gasteiger partial charge < -0.3 is 20.0 Å². The van der Waals surface area contributed by atoms with Crippen LogP contribution in [-0.4, -0.2) is 28.0 Å². The summed E-state index contributed by atoms with van der Waals surface area (Å²) >= 11 is 1.58. The van der Waals surface area contributed by atoms with E-state index in [4.69, 9.17) is 10.2 Å². The molecule has 0 aromatic carbocycles. The van der Waals surface area contributed by atoms with E-state index in [-0.39, 0.29) is 36.8 Å². The van der Waals surface area contributed by atoms with Crippen LogP contribution in [0.25, 0.3) is 0 Å². The van der Waals surface area contributed by atoms with Gasteiger partial charge in [-0.15, -0.1) is 24.8 Å². The molecule has 3 rings (SSSR count). The maximum atomic E-state index is 12.4. The van der Waals surface area contributed by atoms with E-state index in [1.807, 2.05) is 23.9 Å². The summed E-state index contributed by atoms with van der Waals surface area (Å²) in [6.45, 7) is 0.620. The van der Waals surface area contributed by atoms with Crippen molar-refractivity contribution in [2.75, 3.05) is 6.54 Å². The number of carbonyl (C=O) groups excluding carboxylic acids is 1. The van der Waals surface area contributed by atoms with Gasteiger partial charge in [-0.1, -0.05) is 24.6 Å². The van der Waals surface area contributed by atoms with Gasteiger partial charge in [-0.05, 0) is 37.4 Å². The Labute approximate surface area is 170 Å². The highest BCUT2D eigenvalue weighted by Crippen LogP contribution is 2.25. The Bertz CT molecular complexity index is 692. The lowest BCUT2D eigenvalue weighted by Crippen LogP contribution is -2.44. The summed E-state index contributed by atoms with van der Waals surface area (Å²) in [4.78, 5) is 16.7. The van der Waals surface area contributed by atoms with E-state index in [9.17, 15) is 4.79 Å². The van der Waals surface area contributed by atoms with E-state index in [0.29, 0.717) is 24.0 Å². The van der Waals surface area contributed by atoms with Crippen molar-refractivity contribution in [3.63, 3.8) is 0 Å². The molecule has 1 aliphatic rings. The molecule has 0 radical (unpaired) electrons. The van der Waals surface area contributed by atoms with E-state index in [2.05, 4.69) is 10.3 Å². The van der Waals surface area contributed by atoms with E-state index in [1.54, 1.807) is 24.0 Å². The Morgan fingerprint density at radius 1 is 1.38 bits per heavy atom. The molecular formula is C17H26Cl2N4O2S. The van der Waals surface area contributed by atoms with Crippen molar-refractivity contribution < 1.29 is 9.21 Å². The normalized spacial score (nSPS) is 19.3. The molecule has 3 N–H and O–H groups in total. The number of aromatic nitrogens is 2. The molecule has 1 saturated carbocycles. The highest BCUT2D eigenvalue weighted by Gasteiger charge is 2.26. The van der Waals surface area contributed by atoms with Gasteiger partial charge in [0.2, 0.25) is 0 Å². The zero-order valence-corrected chi connectivity index (χ0v) is 17.2. The predicted octanol–water partition coefficient (Wildman–Crippen LogP) is 3.40. The number of nitrogens with zero attached hydrogens (tertiary/aromatic N) is 2. The fraction of sp³-hybridized carbons (Fsp3) is 0.529. The quantitative estimate of drug-likeness (QED) is 0.699. The lowest BCUT2D eigenvalue weighted by molar-refractivity contribution is 0.0878. The molecule has 0 spiro atoms. The Balaban J connectivity index is 0.00000169. The number of aryl methyl sites for hydroxylation is 1. The third kappa shape index (κ3) is 5.67. The van der Waals surface area contributed by atoms with Gasteiger partial charge in [-0.2, -0.15) is 0 Å². The number of nitrogens with one attached hydrogen (secondary N) is 1. The fourth-order valence-electron chi connectivity index (χ4n) is 3.12. The summed E-state index contributed by atoms with van der Waals surface area (Å²) in [6.07, 6.45) is 8.10. The van der Waals surface area contributed by atoms with Gasteiger partial charge in [0.05, 0.1) is 5.75 Å². The molecule has 2 aromatic rings. The molecule has 146 valence electrons. The van der Waals surface area contributed by atoms with Gasteiger partial charge in [0.15, 0.2) is 10.9 Å². The van der Waals surface area contributed by atoms with Crippen molar-refractivity contribution in [3.8, 4) is 0 Å². The topological polar surface area (TPSA) is 86.1 Å². The van der Waals surface area contributed by atoms with Crippen molar-refractivity contribution in [1.29, 1.82) is 0 Å². The van der Waals surface area contributed by atoms with Crippen molar-refractivity contribution in [1.82, 2.24) is 14.9 Å². The summed E-state index contributed by atoms with van der Waals surface area (Å²) in [5, 5.41) is 4.01. The molecule has 0 saturated heterocycles. The Morgan fingerprint density at radius 3 is 2.85 bits per heavy atom. The number of imidazole rings is 1. The molecule has 1 fully saturated rings. The Hall–Kier alpha value is -1.15. The molecule has 6 nitrogen and oxygen atoms in total. The first-order chi connectivity index (χ1) is 11.7. The molecule has 2 unspecified atom stereocenters. The molecule has 0 bridgehead atoms. The number of furan rings is 1. The molecular weight excluding hydrogens is 395 g/mol. The number of hydrogen-bond donors (Lipinski definition) is 2. The number of amides is 1. The zero-order valence-electron chi connectivity index (χ0n) is 14.7. The second kappa shape index (κ2) is 10.9. The standard InChI is InChI=1S/C17H24N4O2S.2ClH/c1-21-9-8-19-17(21)24-11-13-6-7-15(23-13)16(22)20-14-5-3-2-4-12(14)10-18;;/h6-9,12,14H,2-5,10-11,18H2,1H3,(H,20,22);2*1H. The van der Waals surface area contributed by atoms with Crippen LogP contribution in [-0.2, 0) is 12.8 Å². The van der Waals surface area contributed by atoms with Gasteiger partial charge in [0, 0.05) is 25.5 Å². The van der Waals surface area contributed by atoms with Crippen LogP contribution in [0.3, 0.4) is 0 Å². The number of rotatable bonds is 6. The lowest BCUT2D eigenvalue weighted by Gasteiger charge is -2.30. The van der Waals surface area contributed by atoms with Crippen LogP contribution in [0.5, 0.6) is 0 Å². The fourth-order valence-corrected chi connectivity index (χ4v) is 3.95. The molecule has 1 aliphatic carbocycles. The monoisotopic (exact) mass is 420 g/mol. The Morgan fingerprint density at radius 2 is 2.15 bits per heavy atom. The minimum absolute atomic E-state index is 0. The van der Waals surface area contributed by atoms with Crippen LogP contribution in [0.4, 0.5) is 0 Å². The SMILES string of the molecule is Cl.Cl.Cn1ccnc1SCc1ccc(C(=O)NC2CCCCC2CN)o1. The molecule has 2 aromatic heterocycles. The van der Waals surface area contributed by atoms with Gasteiger partial charge >= 0.3 is 0 Å². The number of carbonyl (C=O) groups is 1. The van der Waals surface area contributed by atoms with E-state index >= 15 is 0 Å². The first-order valence-electron chi connectivity index (χ1n) is 8.37. The summed E-state index contributed by atoms with van der Waals surface area (Å²) in [7, 11) is 1.95. The van der Waals surface area contributed by atoms with Crippen molar-refractivity contribution in [2.45, 2.75) is 42.6 Å². The largest absolute Gasteiger partial charge is 0.455 e. The summed E-state index contributed by atoms with van der Waals surface area (Å²) in [5.41, 5.74) is 5.82. The molecule has 2 atom stereocenters. The number of hydrogen-bond acceptors (Lipinski definition) is 5. The number of thioether (sulfide) groups is 1. The van der Waals surface area contributed by atoms with Crippen molar-refractivity contribution >= 4 is 42.5 Å². The summed E-state index contributed by atoms with van der Waals surface area (Å²) in [5.74, 6) is 2.01. The maximum Gasteiger partial charge on any atom is 0.287 e. The van der Waals surface area contributed by atoms with Crippen LogP contribution in [0, 0.1) is 5.92 Å². The molecule has 9 heteroatoms. The van der Waals surface area contributed by atoms with Crippen LogP contribution >= 0.6 is 36.6 Å². The second-order valence-corrected chi connectivity index (χ2v) is 7.18. The molecule has 2 heterocycles. The van der Waals surface area contributed by atoms with E-state index in [0.717, 1.165) is 30.2 Å². The Kier molecular flexibility index (Phi) is 9.57. The molecule has 0 aliphatic heterocycles. The van der Waals surface area contributed by atoms with Crippen LogP contribution < -0.4 is 11.1 Å². The first kappa shape index (κ1) is 22.9. The average Bonchev–Trinajstić information content (AvgIpc) is 3.22. The number of halogens is 2. The summed E-state index contributed by atoms with van der Waals surface area (Å²) < 4.78 is 7.65. The van der Waals surface area contributed by atoms with Crippen LogP contribution in [0.2, 0.25) is 0 Å². The van der Waals surface area contributed by atoms with Gasteiger partial charge in [-0.25, -0.2) is 4.98 Å². The number of nitrogens with two attached hydrogens (primary N) is 1. The van der Waals surface area contributed by atoms with E-state index < -0.39 is 0 Å². The van der Waals surface area contributed by atoms with E-state index in [1.165, 1.54) is 6.42 Å². The predicted molar refractivity (Wildman–Crippen MR) is 108 cm³/mol. The van der Waals surface area contributed by atoms with Crippen LogP contribution in [0.1, 0.15) is 42.0 Å². The molecule has 1 amide bonds. The smallest absolute Gasteiger partial charge is 0.287 e. The minimum Gasteiger partial charge on any atom is -0.455 e. The summed E-state index contributed by atoms with van der Waals surface area (Å²) in [6, 6.07) is 3.75. The zero-order chi connectivity index (χ0) is 16.9. The highest BCUT2D eigenvalue weighted by molar-refractivity contribution is 7.98. The van der Waals surface area contributed by atoms with Crippen LogP contribution in [0.15, 0.2) is 34.1 Å². The maximum absolute atomic E-state index is 12.4. The molecule has 26 heavy (non-hydrogen) atoms. The first-order valence-corrected chi connectivity index (χ1v) is 9.35. The van der Waals surface area contributed by atoms with Crippen molar-refractivity contribution in [2.24, 2.45) is 18.7 Å². The third-order valence-electron chi connectivity index (χ3n) is 4.53. The van der Waals surface area contributed by atoms with Gasteiger partial charge in [-0.3, -0.25) is 4.79 Å². The second-order valence-electron chi connectivity index (χ2n) is 6.24. The van der Waals surface area contributed by atoms with Gasteiger partial charge in [0.25, 0.3) is 5.91 Å². The average molecular weight is 421 g/mol. The lowest BCUT2D eigenvalue weighted by atomic mass is 9.84. The van der Waals surface area contributed by atoms with Gasteiger partial charge in [0.1, 0.15) is 5.76 Å². The third-order valence-corrected chi connectivity index (χ3v) is 5.61.